The highest BCUT2D eigenvalue weighted by Crippen LogP contribution is 2.36. The third-order valence-electron chi connectivity index (χ3n) is 3.80. The van der Waals surface area contributed by atoms with Crippen molar-refractivity contribution in [1.29, 1.82) is 5.26 Å². The summed E-state index contributed by atoms with van der Waals surface area (Å²) in [5.41, 5.74) is 4.07. The zero-order valence-corrected chi connectivity index (χ0v) is 13.4. The second-order valence-electron chi connectivity index (χ2n) is 5.23. The number of benzene rings is 1. The van der Waals surface area contributed by atoms with Crippen molar-refractivity contribution in [1.82, 2.24) is 4.98 Å². The van der Waals surface area contributed by atoms with Crippen LogP contribution in [-0.4, -0.2) is 4.98 Å². The molecule has 0 radical (unpaired) electrons. The first kappa shape index (κ1) is 14.3. The van der Waals surface area contributed by atoms with Gasteiger partial charge in [0, 0.05) is 15.5 Å². The monoisotopic (exact) mass is 314 g/mol. The highest BCUT2D eigenvalue weighted by Gasteiger charge is 2.18. The fourth-order valence-corrected chi connectivity index (χ4v) is 3.81. The van der Waals surface area contributed by atoms with Crippen LogP contribution in [-0.2, 0) is 0 Å². The molecule has 2 nitrogen and oxygen atoms in total. The standard InChI is InChI=1S/C17H15ClN2S/c1-11-16(13-6-8-14(18)9-7-13)20-17(21-11)15(10-19)12-4-2-3-5-12/h6-9H,2-5H2,1H3. The van der Waals surface area contributed by atoms with Gasteiger partial charge in [-0.1, -0.05) is 23.7 Å². The van der Waals surface area contributed by atoms with Crippen LogP contribution in [0.25, 0.3) is 16.8 Å². The number of nitriles is 1. The van der Waals surface area contributed by atoms with Crippen molar-refractivity contribution in [2.75, 3.05) is 0 Å². The molecule has 0 amide bonds. The van der Waals surface area contributed by atoms with E-state index in [4.69, 9.17) is 16.6 Å². The number of thiazole rings is 1. The van der Waals surface area contributed by atoms with E-state index < -0.39 is 0 Å². The first-order valence-corrected chi connectivity index (χ1v) is 8.24. The van der Waals surface area contributed by atoms with Crippen LogP contribution in [0.3, 0.4) is 0 Å². The van der Waals surface area contributed by atoms with Crippen LogP contribution in [0.1, 0.15) is 35.6 Å². The number of hydrogen-bond acceptors (Lipinski definition) is 3. The molecular weight excluding hydrogens is 300 g/mol. The smallest absolute Gasteiger partial charge is 0.134 e. The highest BCUT2D eigenvalue weighted by molar-refractivity contribution is 7.13. The van der Waals surface area contributed by atoms with Crippen molar-refractivity contribution in [3.05, 3.63) is 44.7 Å². The minimum atomic E-state index is 0.720. The van der Waals surface area contributed by atoms with Crippen molar-refractivity contribution >= 4 is 28.5 Å². The number of halogens is 1. The molecule has 2 aromatic rings. The number of allylic oxidation sites excluding steroid dienone is 2. The molecule has 21 heavy (non-hydrogen) atoms. The molecule has 3 rings (SSSR count). The predicted octanol–water partition coefficient (Wildman–Crippen LogP) is 5.62. The Morgan fingerprint density at radius 2 is 1.90 bits per heavy atom. The Labute approximate surface area is 133 Å². The Bertz CT molecular complexity index is 727. The van der Waals surface area contributed by atoms with Gasteiger partial charge >= 0.3 is 0 Å². The number of nitrogens with zero attached hydrogens (tertiary/aromatic N) is 2. The third-order valence-corrected chi connectivity index (χ3v) is 5.04. The second kappa shape index (κ2) is 6.01. The van der Waals surface area contributed by atoms with Crippen molar-refractivity contribution in [2.45, 2.75) is 32.6 Å². The number of aryl methyl sites for hydroxylation is 1. The molecule has 1 heterocycles. The quantitative estimate of drug-likeness (QED) is 0.674. The first-order chi connectivity index (χ1) is 10.2. The molecule has 0 unspecified atom stereocenters. The molecule has 1 aromatic heterocycles. The molecule has 0 bridgehead atoms. The molecule has 106 valence electrons. The molecule has 4 heteroatoms. The normalized spacial score (nSPS) is 14.2. The lowest BCUT2D eigenvalue weighted by molar-refractivity contribution is 0.886. The molecule has 0 saturated heterocycles. The first-order valence-electron chi connectivity index (χ1n) is 7.05. The van der Waals surface area contributed by atoms with Gasteiger partial charge in [-0.2, -0.15) is 5.26 Å². The van der Waals surface area contributed by atoms with Crippen LogP contribution >= 0.6 is 22.9 Å². The van der Waals surface area contributed by atoms with Crippen LogP contribution in [0.2, 0.25) is 5.02 Å². The van der Waals surface area contributed by atoms with Gasteiger partial charge in [0.05, 0.1) is 11.3 Å². The van der Waals surface area contributed by atoms with Gasteiger partial charge in [-0.15, -0.1) is 11.3 Å². The summed E-state index contributed by atoms with van der Waals surface area (Å²) in [4.78, 5) is 5.86. The fraction of sp³-hybridized carbons (Fsp3) is 0.294. The zero-order chi connectivity index (χ0) is 14.8. The Morgan fingerprint density at radius 3 is 2.52 bits per heavy atom. The summed E-state index contributed by atoms with van der Waals surface area (Å²) in [7, 11) is 0. The van der Waals surface area contributed by atoms with E-state index in [1.165, 1.54) is 18.4 Å². The summed E-state index contributed by atoms with van der Waals surface area (Å²) < 4.78 is 0. The van der Waals surface area contributed by atoms with E-state index in [0.29, 0.717) is 0 Å². The van der Waals surface area contributed by atoms with Gasteiger partial charge in [0.25, 0.3) is 0 Å². The summed E-state index contributed by atoms with van der Waals surface area (Å²) in [6, 6.07) is 10.1. The summed E-state index contributed by atoms with van der Waals surface area (Å²) in [5.74, 6) is 0. The van der Waals surface area contributed by atoms with E-state index >= 15 is 0 Å². The SMILES string of the molecule is Cc1sc(C(C#N)=C2CCCC2)nc1-c1ccc(Cl)cc1. The van der Waals surface area contributed by atoms with E-state index in [1.807, 2.05) is 24.3 Å². The Morgan fingerprint density at radius 1 is 1.24 bits per heavy atom. The molecule has 1 saturated carbocycles. The highest BCUT2D eigenvalue weighted by atomic mass is 35.5. The van der Waals surface area contributed by atoms with Crippen molar-refractivity contribution < 1.29 is 0 Å². The maximum absolute atomic E-state index is 9.49. The van der Waals surface area contributed by atoms with Gasteiger partial charge in [-0.25, -0.2) is 4.98 Å². The van der Waals surface area contributed by atoms with Gasteiger partial charge in [-0.3, -0.25) is 0 Å². The minimum absolute atomic E-state index is 0.720. The summed E-state index contributed by atoms with van der Waals surface area (Å²) in [6.07, 6.45) is 4.46. The molecule has 0 atom stereocenters. The van der Waals surface area contributed by atoms with Gasteiger partial charge in [0.2, 0.25) is 0 Å². The molecule has 0 aliphatic heterocycles. The lowest BCUT2D eigenvalue weighted by atomic mass is 10.1. The van der Waals surface area contributed by atoms with E-state index in [-0.39, 0.29) is 0 Å². The van der Waals surface area contributed by atoms with E-state index in [1.54, 1.807) is 11.3 Å². The molecule has 1 aliphatic carbocycles. The molecule has 1 aromatic carbocycles. The topological polar surface area (TPSA) is 36.7 Å². The van der Waals surface area contributed by atoms with Gasteiger partial charge in [0.1, 0.15) is 11.1 Å². The van der Waals surface area contributed by atoms with Gasteiger partial charge in [-0.05, 0) is 50.3 Å². The summed E-state index contributed by atoms with van der Waals surface area (Å²) in [5, 5.41) is 11.1. The Hall–Kier alpha value is -1.63. The van der Waals surface area contributed by atoms with E-state index in [2.05, 4.69) is 13.0 Å². The molecule has 0 spiro atoms. The van der Waals surface area contributed by atoms with E-state index in [9.17, 15) is 5.26 Å². The molecule has 0 N–H and O–H groups in total. The predicted molar refractivity (Wildman–Crippen MR) is 88.3 cm³/mol. The van der Waals surface area contributed by atoms with Crippen LogP contribution in [0.4, 0.5) is 0 Å². The molecular formula is C17H15ClN2S. The lowest BCUT2D eigenvalue weighted by Crippen LogP contribution is -1.87. The average Bonchev–Trinajstić information content (AvgIpc) is 3.11. The Kier molecular flexibility index (Phi) is 4.10. The largest absolute Gasteiger partial charge is 0.235 e. The maximum Gasteiger partial charge on any atom is 0.134 e. The lowest BCUT2D eigenvalue weighted by Gasteiger charge is -2.00. The van der Waals surface area contributed by atoms with Gasteiger partial charge in [0.15, 0.2) is 0 Å². The van der Waals surface area contributed by atoms with Crippen LogP contribution in [0, 0.1) is 18.3 Å². The maximum atomic E-state index is 9.49. The minimum Gasteiger partial charge on any atom is -0.235 e. The zero-order valence-electron chi connectivity index (χ0n) is 11.8. The van der Waals surface area contributed by atoms with Crippen LogP contribution in [0.15, 0.2) is 29.8 Å². The van der Waals surface area contributed by atoms with Crippen LogP contribution in [0.5, 0.6) is 0 Å². The van der Waals surface area contributed by atoms with E-state index in [0.717, 1.165) is 44.6 Å². The Balaban J connectivity index is 2.03. The number of hydrogen-bond donors (Lipinski definition) is 0. The average molecular weight is 315 g/mol. The van der Waals surface area contributed by atoms with Crippen molar-refractivity contribution in [2.24, 2.45) is 0 Å². The second-order valence-corrected chi connectivity index (χ2v) is 6.87. The number of rotatable bonds is 2. The summed E-state index contributed by atoms with van der Waals surface area (Å²) >= 11 is 7.54. The number of aromatic nitrogens is 1. The molecule has 1 aliphatic rings. The van der Waals surface area contributed by atoms with Crippen LogP contribution < -0.4 is 0 Å². The third kappa shape index (κ3) is 2.88. The summed E-state index contributed by atoms with van der Waals surface area (Å²) in [6.45, 7) is 2.05. The van der Waals surface area contributed by atoms with Gasteiger partial charge < -0.3 is 0 Å². The fourth-order valence-electron chi connectivity index (χ4n) is 2.71. The molecule has 1 fully saturated rings. The van der Waals surface area contributed by atoms with Crippen molar-refractivity contribution in [3.8, 4) is 17.3 Å². The van der Waals surface area contributed by atoms with Crippen molar-refractivity contribution in [3.63, 3.8) is 0 Å².